The largest absolute Gasteiger partial charge is 0.379 e. The molecule has 8 heteroatoms. The van der Waals surface area contributed by atoms with Gasteiger partial charge in [-0.3, -0.25) is 0 Å². The lowest BCUT2D eigenvalue weighted by Gasteiger charge is -2.45. The van der Waals surface area contributed by atoms with Gasteiger partial charge in [-0.2, -0.15) is 0 Å². The first kappa shape index (κ1) is 19.4. The van der Waals surface area contributed by atoms with Crippen LogP contribution in [-0.2, 0) is 14.6 Å². The number of fused-ring (bicyclic) bond motifs is 1. The van der Waals surface area contributed by atoms with E-state index >= 15 is 0 Å². The predicted octanol–water partition coefficient (Wildman–Crippen LogP) is 4.02. The quantitative estimate of drug-likeness (QED) is 0.630. The maximum Gasteiger partial charge on any atom is 0.158 e. The molecule has 0 N–H and O–H groups in total. The van der Waals surface area contributed by atoms with Crippen molar-refractivity contribution in [2.24, 2.45) is 5.92 Å². The van der Waals surface area contributed by atoms with Crippen molar-refractivity contribution in [3.63, 3.8) is 0 Å². The van der Waals surface area contributed by atoms with Gasteiger partial charge < -0.3 is 9.64 Å². The van der Waals surface area contributed by atoms with Gasteiger partial charge in [0.1, 0.15) is 5.15 Å². The van der Waals surface area contributed by atoms with Gasteiger partial charge in [0, 0.05) is 40.8 Å². The average molecular weight is 474 g/mol. The number of hydrogen-bond donors (Lipinski definition) is 0. The van der Waals surface area contributed by atoms with Gasteiger partial charge in [-0.05, 0) is 29.0 Å². The van der Waals surface area contributed by atoms with E-state index in [1.165, 1.54) is 5.56 Å². The zero-order valence-electron chi connectivity index (χ0n) is 15.3. The van der Waals surface area contributed by atoms with E-state index in [-0.39, 0.29) is 16.9 Å². The van der Waals surface area contributed by atoms with E-state index in [0.717, 1.165) is 20.9 Å². The minimum Gasteiger partial charge on any atom is -0.379 e. The van der Waals surface area contributed by atoms with Crippen molar-refractivity contribution in [3.05, 3.63) is 33.5 Å². The van der Waals surface area contributed by atoms with Gasteiger partial charge in [-0.1, -0.05) is 41.4 Å². The molecule has 146 valence electrons. The Labute approximate surface area is 173 Å². The summed E-state index contributed by atoms with van der Waals surface area (Å²) in [4.78, 5) is 6.50. The lowest BCUT2D eigenvalue weighted by Crippen LogP contribution is -2.57. The zero-order valence-corrected chi connectivity index (χ0v) is 18.4. The first-order valence-corrected chi connectivity index (χ1v) is 12.0. The Morgan fingerprint density at radius 2 is 2.04 bits per heavy atom. The number of nitrogens with zero attached hydrogens (tertiary/aromatic N) is 2. The molecule has 0 bridgehead atoms. The Hall–Kier alpha value is -0.890. The van der Waals surface area contributed by atoms with Crippen LogP contribution in [0, 0.1) is 5.92 Å². The molecule has 1 aromatic carbocycles. The van der Waals surface area contributed by atoms with Crippen LogP contribution in [0.15, 0.2) is 22.8 Å². The number of rotatable bonds is 3. The van der Waals surface area contributed by atoms with Crippen molar-refractivity contribution >= 4 is 53.8 Å². The normalized spacial score (nSPS) is 23.0. The first-order valence-electron chi connectivity index (χ1n) is 9.10. The van der Waals surface area contributed by atoms with Crippen molar-refractivity contribution in [1.29, 1.82) is 0 Å². The summed E-state index contributed by atoms with van der Waals surface area (Å²) in [7, 11) is -3.05. The molecule has 1 unspecified atom stereocenters. The highest BCUT2D eigenvalue weighted by Crippen LogP contribution is 2.41. The highest BCUT2D eigenvalue weighted by molar-refractivity contribution is 9.10. The van der Waals surface area contributed by atoms with Gasteiger partial charge in [0.2, 0.25) is 0 Å². The summed E-state index contributed by atoms with van der Waals surface area (Å²) in [6, 6.07) is 4.03. The molecule has 5 nitrogen and oxygen atoms in total. The van der Waals surface area contributed by atoms with Crippen molar-refractivity contribution in [2.75, 3.05) is 37.0 Å². The van der Waals surface area contributed by atoms with E-state index in [1.54, 1.807) is 0 Å². The Balaban J connectivity index is 1.67. The smallest absolute Gasteiger partial charge is 0.158 e. The zero-order chi connectivity index (χ0) is 19.3. The van der Waals surface area contributed by atoms with E-state index < -0.39 is 9.84 Å². The molecule has 1 atom stereocenters. The van der Waals surface area contributed by atoms with Crippen LogP contribution in [0.25, 0.3) is 10.8 Å². The number of hydrogen-bond acceptors (Lipinski definition) is 5. The predicted molar refractivity (Wildman–Crippen MR) is 113 cm³/mol. The number of halogens is 2. The van der Waals surface area contributed by atoms with Gasteiger partial charge in [0.25, 0.3) is 0 Å². The van der Waals surface area contributed by atoms with Crippen molar-refractivity contribution < 1.29 is 13.2 Å². The average Bonchev–Trinajstić information content (AvgIpc) is 2.53. The Morgan fingerprint density at radius 1 is 1.30 bits per heavy atom. The van der Waals surface area contributed by atoms with Gasteiger partial charge in [0.15, 0.2) is 9.84 Å². The molecule has 27 heavy (non-hydrogen) atoms. The van der Waals surface area contributed by atoms with E-state index in [1.807, 2.05) is 12.3 Å². The lowest BCUT2D eigenvalue weighted by atomic mass is 9.92. The molecule has 4 rings (SSSR count). The Bertz CT molecular complexity index is 990. The van der Waals surface area contributed by atoms with Crippen LogP contribution in [-0.4, -0.2) is 50.7 Å². The maximum absolute atomic E-state index is 12.4. The molecule has 2 saturated heterocycles. The molecule has 0 saturated carbocycles. The van der Waals surface area contributed by atoms with Gasteiger partial charge >= 0.3 is 0 Å². The molecule has 2 aliphatic rings. The number of sulfone groups is 1. The summed E-state index contributed by atoms with van der Waals surface area (Å²) < 4.78 is 31.2. The molecule has 0 spiro atoms. The number of aromatic nitrogens is 1. The fourth-order valence-electron chi connectivity index (χ4n) is 4.11. The molecule has 0 radical (unpaired) electrons. The molecule has 3 heterocycles. The Kier molecular flexibility index (Phi) is 5.16. The second kappa shape index (κ2) is 7.17. The van der Waals surface area contributed by atoms with E-state index in [9.17, 15) is 8.42 Å². The third kappa shape index (κ3) is 3.48. The van der Waals surface area contributed by atoms with E-state index in [2.05, 4.69) is 45.7 Å². The lowest BCUT2D eigenvalue weighted by molar-refractivity contribution is 0.119. The molecule has 2 aromatic rings. The van der Waals surface area contributed by atoms with Crippen molar-refractivity contribution in [2.45, 2.75) is 25.0 Å². The van der Waals surface area contributed by atoms with Gasteiger partial charge in [0.05, 0.1) is 24.2 Å². The second-order valence-corrected chi connectivity index (χ2v) is 11.2. The summed E-state index contributed by atoms with van der Waals surface area (Å²) >= 11 is 9.88. The van der Waals surface area contributed by atoms with E-state index in [4.69, 9.17) is 16.3 Å². The van der Waals surface area contributed by atoms with Gasteiger partial charge in [-0.15, -0.1) is 0 Å². The summed E-state index contributed by atoms with van der Waals surface area (Å²) in [5, 5.41) is 2.22. The second-order valence-electron chi connectivity index (χ2n) is 7.64. The highest BCUT2D eigenvalue weighted by atomic mass is 79.9. The third-order valence-electron chi connectivity index (χ3n) is 5.57. The maximum atomic E-state index is 12.4. The third-order valence-corrected chi connectivity index (χ3v) is 8.61. The molecular formula is C19H22BrClN2O3S. The minimum atomic E-state index is -3.05. The van der Waals surface area contributed by atoms with Crippen LogP contribution < -0.4 is 4.90 Å². The first-order chi connectivity index (χ1) is 12.8. The van der Waals surface area contributed by atoms with Crippen molar-refractivity contribution in [3.8, 4) is 0 Å². The molecule has 0 aliphatic carbocycles. The molecule has 0 amide bonds. The van der Waals surface area contributed by atoms with Gasteiger partial charge in [-0.25, -0.2) is 13.4 Å². The minimum absolute atomic E-state index is 0.106. The highest BCUT2D eigenvalue weighted by Gasteiger charge is 2.42. The van der Waals surface area contributed by atoms with Crippen LogP contribution in [0.1, 0.15) is 25.3 Å². The van der Waals surface area contributed by atoms with Crippen LogP contribution in [0.2, 0.25) is 5.15 Å². The number of benzene rings is 1. The Morgan fingerprint density at radius 3 is 2.70 bits per heavy atom. The van der Waals surface area contributed by atoms with Crippen LogP contribution >= 0.6 is 27.5 Å². The summed E-state index contributed by atoms with van der Waals surface area (Å²) in [5.74, 6) is 0.575. The number of pyridine rings is 1. The number of anilines is 1. The molecular weight excluding hydrogens is 452 g/mol. The van der Waals surface area contributed by atoms with E-state index in [0.29, 0.717) is 37.4 Å². The van der Waals surface area contributed by atoms with Crippen LogP contribution in [0.4, 0.5) is 5.69 Å². The molecule has 2 aliphatic heterocycles. The SMILES string of the molecule is CC(C)c1c(Br)cc(N2CC(C3COCCS3(=O)=O)C2)c2cnc(Cl)cc12. The van der Waals surface area contributed by atoms with Crippen LogP contribution in [0.5, 0.6) is 0 Å². The van der Waals surface area contributed by atoms with Crippen LogP contribution in [0.3, 0.4) is 0 Å². The topological polar surface area (TPSA) is 59.5 Å². The summed E-state index contributed by atoms with van der Waals surface area (Å²) in [6.45, 7) is 6.35. The standard InChI is InChI=1S/C19H22BrClN2O3S/c1-11(2)19-13-5-18(21)22-7-14(13)16(6-15(19)20)23-8-12(9-23)17-10-26-3-4-27(17,24)25/h5-7,11-12,17H,3-4,8-10H2,1-2H3. The fraction of sp³-hybridized carbons (Fsp3) is 0.526. The monoisotopic (exact) mass is 472 g/mol. The number of ether oxygens (including phenoxy) is 1. The van der Waals surface area contributed by atoms with Crippen molar-refractivity contribution in [1.82, 2.24) is 4.98 Å². The molecule has 1 aromatic heterocycles. The molecule has 2 fully saturated rings. The summed E-state index contributed by atoms with van der Waals surface area (Å²) in [6.07, 6.45) is 1.82. The summed E-state index contributed by atoms with van der Waals surface area (Å²) in [5.41, 5.74) is 2.27. The fourth-order valence-corrected chi connectivity index (χ4v) is 6.87.